The molecule has 0 radical (unpaired) electrons. The van der Waals surface area contributed by atoms with Gasteiger partial charge in [0.05, 0.1) is 0 Å². The first-order valence-electron chi connectivity index (χ1n) is 9.42. The molecule has 0 bridgehead atoms. The molecule has 1 heterocycles. The van der Waals surface area contributed by atoms with Gasteiger partial charge >= 0.3 is 12.1 Å². The normalized spacial score (nSPS) is 14.9. The zero-order valence-corrected chi connectivity index (χ0v) is 17.4. The number of amides is 1. The second-order valence-electron chi connectivity index (χ2n) is 7.90. The Kier molecular flexibility index (Phi) is 12.1. The number of aryl methyl sites for hydroxylation is 1. The Morgan fingerprint density at radius 3 is 2.04 bits per heavy atom. The minimum absolute atomic E-state index is 0.212. The van der Waals surface area contributed by atoms with Crippen LogP contribution in [0.2, 0.25) is 0 Å². The first kappa shape index (κ1) is 24.9. The molecule has 154 valence electrons. The third-order valence-corrected chi connectivity index (χ3v) is 3.88. The van der Waals surface area contributed by atoms with Crippen LogP contribution in [0.25, 0.3) is 0 Å². The SMILES string of the molecule is CC(C)(C)OC(N)=O.CC1CCN(C)CC1.O=C(O)CCc1ccccc1. The number of carboxylic acids is 1. The van der Waals surface area contributed by atoms with E-state index in [0.717, 1.165) is 11.5 Å². The number of piperidine rings is 1. The maximum Gasteiger partial charge on any atom is 0.405 e. The van der Waals surface area contributed by atoms with Crippen molar-refractivity contribution >= 4 is 12.1 Å². The van der Waals surface area contributed by atoms with E-state index in [1.54, 1.807) is 20.8 Å². The van der Waals surface area contributed by atoms with Crippen LogP contribution in [0.15, 0.2) is 30.3 Å². The Balaban J connectivity index is 0.000000384. The van der Waals surface area contributed by atoms with Crippen molar-refractivity contribution in [2.45, 2.75) is 59.0 Å². The summed E-state index contributed by atoms with van der Waals surface area (Å²) >= 11 is 0. The summed E-state index contributed by atoms with van der Waals surface area (Å²) in [6.07, 6.45) is 2.91. The molecule has 1 amide bonds. The van der Waals surface area contributed by atoms with E-state index in [0.29, 0.717) is 6.42 Å². The summed E-state index contributed by atoms with van der Waals surface area (Å²) in [4.78, 5) is 22.6. The van der Waals surface area contributed by atoms with Crippen molar-refractivity contribution in [3.63, 3.8) is 0 Å². The lowest BCUT2D eigenvalue weighted by molar-refractivity contribution is -0.136. The van der Waals surface area contributed by atoms with Crippen molar-refractivity contribution in [1.29, 1.82) is 0 Å². The van der Waals surface area contributed by atoms with E-state index >= 15 is 0 Å². The van der Waals surface area contributed by atoms with Crippen LogP contribution in [-0.4, -0.2) is 47.8 Å². The van der Waals surface area contributed by atoms with E-state index < -0.39 is 17.7 Å². The Hall–Kier alpha value is -2.08. The number of rotatable bonds is 3. The maximum absolute atomic E-state index is 10.2. The van der Waals surface area contributed by atoms with E-state index in [1.165, 1.54) is 25.9 Å². The van der Waals surface area contributed by atoms with Gasteiger partial charge in [0.1, 0.15) is 5.60 Å². The molecule has 3 N–H and O–H groups in total. The molecule has 2 rings (SSSR count). The number of carbonyl (C=O) groups is 2. The number of benzene rings is 1. The van der Waals surface area contributed by atoms with E-state index in [9.17, 15) is 9.59 Å². The Morgan fingerprint density at radius 2 is 1.70 bits per heavy atom. The highest BCUT2D eigenvalue weighted by molar-refractivity contribution is 5.67. The smallest absolute Gasteiger partial charge is 0.405 e. The summed E-state index contributed by atoms with van der Waals surface area (Å²) in [5.41, 5.74) is 5.34. The monoisotopic (exact) mass is 380 g/mol. The molecule has 0 saturated carbocycles. The van der Waals surface area contributed by atoms with E-state index in [-0.39, 0.29) is 6.42 Å². The van der Waals surface area contributed by atoms with Gasteiger partial charge < -0.3 is 20.5 Å². The fraction of sp³-hybridized carbons (Fsp3) is 0.619. The highest BCUT2D eigenvalue weighted by Gasteiger charge is 2.12. The van der Waals surface area contributed by atoms with Gasteiger partial charge in [0.2, 0.25) is 0 Å². The molecule has 0 spiro atoms. The van der Waals surface area contributed by atoms with Crippen molar-refractivity contribution in [2.24, 2.45) is 11.7 Å². The van der Waals surface area contributed by atoms with Crippen LogP contribution in [0, 0.1) is 5.92 Å². The molecule has 0 atom stereocenters. The number of likely N-dealkylation sites (tertiary alicyclic amines) is 1. The molecular formula is C21H36N2O4. The molecule has 6 nitrogen and oxygen atoms in total. The topological polar surface area (TPSA) is 92.9 Å². The summed E-state index contributed by atoms with van der Waals surface area (Å²) in [5.74, 6) is 0.236. The molecule has 1 aromatic carbocycles. The van der Waals surface area contributed by atoms with E-state index in [1.807, 2.05) is 30.3 Å². The van der Waals surface area contributed by atoms with Gasteiger partial charge in [0.15, 0.2) is 0 Å². The Morgan fingerprint density at radius 1 is 1.19 bits per heavy atom. The summed E-state index contributed by atoms with van der Waals surface area (Å²) < 4.78 is 4.58. The molecule has 1 aromatic rings. The fourth-order valence-corrected chi connectivity index (χ4v) is 2.34. The van der Waals surface area contributed by atoms with Gasteiger partial charge in [-0.05, 0) is 71.7 Å². The number of aliphatic carboxylic acids is 1. The quantitative estimate of drug-likeness (QED) is 0.829. The fourth-order valence-electron chi connectivity index (χ4n) is 2.34. The first-order chi connectivity index (χ1) is 12.5. The lowest BCUT2D eigenvalue weighted by atomic mass is 10.00. The van der Waals surface area contributed by atoms with Gasteiger partial charge in [-0.2, -0.15) is 0 Å². The minimum atomic E-state index is -0.742. The van der Waals surface area contributed by atoms with Gasteiger partial charge in [0.25, 0.3) is 0 Å². The van der Waals surface area contributed by atoms with Crippen molar-refractivity contribution in [2.75, 3.05) is 20.1 Å². The molecule has 1 fully saturated rings. The van der Waals surface area contributed by atoms with E-state index in [2.05, 4.69) is 23.6 Å². The lowest BCUT2D eigenvalue weighted by Gasteiger charge is -2.26. The number of ether oxygens (including phenoxy) is 1. The summed E-state index contributed by atoms with van der Waals surface area (Å²) in [5, 5.41) is 8.37. The van der Waals surface area contributed by atoms with Crippen molar-refractivity contribution < 1.29 is 19.4 Å². The van der Waals surface area contributed by atoms with Crippen LogP contribution in [0.3, 0.4) is 0 Å². The van der Waals surface area contributed by atoms with Gasteiger partial charge in [0, 0.05) is 6.42 Å². The van der Waals surface area contributed by atoms with Gasteiger partial charge in [-0.1, -0.05) is 37.3 Å². The number of nitrogens with two attached hydrogens (primary N) is 1. The van der Waals surface area contributed by atoms with Crippen LogP contribution in [0.4, 0.5) is 4.79 Å². The number of carboxylic acid groups (broad SMARTS) is 1. The van der Waals surface area contributed by atoms with E-state index in [4.69, 9.17) is 10.8 Å². The number of hydrogen-bond donors (Lipinski definition) is 2. The third kappa shape index (κ3) is 17.1. The molecule has 27 heavy (non-hydrogen) atoms. The number of nitrogens with zero attached hydrogens (tertiary/aromatic N) is 1. The zero-order valence-electron chi connectivity index (χ0n) is 17.4. The predicted molar refractivity (Wildman–Crippen MR) is 109 cm³/mol. The van der Waals surface area contributed by atoms with Crippen LogP contribution >= 0.6 is 0 Å². The molecule has 0 aromatic heterocycles. The summed E-state index contributed by atoms with van der Waals surface area (Å²) in [6.45, 7) is 10.2. The minimum Gasteiger partial charge on any atom is -0.481 e. The average molecular weight is 381 g/mol. The zero-order chi connectivity index (χ0) is 20.9. The van der Waals surface area contributed by atoms with Crippen molar-refractivity contribution in [3.8, 4) is 0 Å². The predicted octanol–water partition coefficient (Wildman–Crippen LogP) is 3.93. The standard InChI is InChI=1S/C9H10O2.C7H15N.C5H11NO2/c10-9(11)7-6-8-4-2-1-3-5-8;1-7-3-5-8(2)6-4-7;1-5(2,3)8-4(6)7/h1-5H,6-7H2,(H,10,11);7H,3-6H2,1-2H3;1-3H3,(H2,6,7). The number of hydrogen-bond acceptors (Lipinski definition) is 4. The largest absolute Gasteiger partial charge is 0.481 e. The van der Waals surface area contributed by atoms with Gasteiger partial charge in [-0.3, -0.25) is 4.79 Å². The molecule has 1 aliphatic rings. The number of primary amides is 1. The Labute approximate surface area is 163 Å². The average Bonchev–Trinajstić information content (AvgIpc) is 2.55. The molecule has 0 unspecified atom stereocenters. The molecule has 1 saturated heterocycles. The number of carbonyl (C=O) groups excluding carboxylic acids is 1. The summed E-state index contributed by atoms with van der Waals surface area (Å²) in [6, 6.07) is 9.62. The molecule has 1 aliphatic heterocycles. The highest BCUT2D eigenvalue weighted by atomic mass is 16.6. The molecule has 0 aliphatic carbocycles. The van der Waals surface area contributed by atoms with Crippen LogP contribution in [-0.2, 0) is 16.0 Å². The first-order valence-corrected chi connectivity index (χ1v) is 9.42. The van der Waals surface area contributed by atoms with Gasteiger partial charge in [-0.25, -0.2) is 4.79 Å². The molecule has 6 heteroatoms. The van der Waals surface area contributed by atoms with Crippen molar-refractivity contribution in [3.05, 3.63) is 35.9 Å². The lowest BCUT2D eigenvalue weighted by Crippen LogP contribution is -2.28. The second-order valence-corrected chi connectivity index (χ2v) is 7.90. The molecular weight excluding hydrogens is 344 g/mol. The third-order valence-electron chi connectivity index (χ3n) is 3.88. The summed E-state index contributed by atoms with van der Waals surface area (Å²) in [7, 11) is 2.20. The highest BCUT2D eigenvalue weighted by Crippen LogP contribution is 2.13. The van der Waals surface area contributed by atoms with Crippen molar-refractivity contribution in [1.82, 2.24) is 4.90 Å². The Bertz CT molecular complexity index is 523. The maximum atomic E-state index is 10.2. The van der Waals surface area contributed by atoms with Crippen LogP contribution < -0.4 is 5.73 Å². The van der Waals surface area contributed by atoms with Crippen LogP contribution in [0.1, 0.15) is 52.5 Å². The second kappa shape index (κ2) is 13.1. The van der Waals surface area contributed by atoms with Gasteiger partial charge in [-0.15, -0.1) is 0 Å². The van der Waals surface area contributed by atoms with Crippen LogP contribution in [0.5, 0.6) is 0 Å².